The van der Waals surface area contributed by atoms with Gasteiger partial charge >= 0.3 is 18.0 Å². The Morgan fingerprint density at radius 3 is 2.31 bits per heavy atom. The van der Waals surface area contributed by atoms with Gasteiger partial charge in [0.25, 0.3) is 0 Å². The fourth-order valence-electron chi connectivity index (χ4n) is 5.35. The molecule has 54 heavy (non-hydrogen) atoms. The van der Waals surface area contributed by atoms with E-state index in [-0.39, 0.29) is 5.95 Å². The summed E-state index contributed by atoms with van der Waals surface area (Å²) in [5, 5.41) is 19.2. The molecule has 1 aliphatic rings. The lowest BCUT2D eigenvalue weighted by molar-refractivity contribution is -0.134. The van der Waals surface area contributed by atoms with E-state index in [9.17, 15) is 18.6 Å². The first-order chi connectivity index (χ1) is 26.0. The number of methoxy groups -OCH3 is 1. The van der Waals surface area contributed by atoms with E-state index in [2.05, 4.69) is 63.3 Å². The van der Waals surface area contributed by atoms with Crippen molar-refractivity contribution in [2.24, 2.45) is 0 Å². The van der Waals surface area contributed by atoms with Gasteiger partial charge in [-0.1, -0.05) is 60.7 Å². The van der Waals surface area contributed by atoms with E-state index in [1.54, 1.807) is 18.2 Å². The van der Waals surface area contributed by atoms with E-state index in [0.29, 0.717) is 34.7 Å². The van der Waals surface area contributed by atoms with Crippen molar-refractivity contribution in [3.8, 4) is 5.75 Å². The van der Waals surface area contributed by atoms with Crippen molar-refractivity contribution in [3.63, 3.8) is 0 Å². The SMILES string of the molecule is CN(C)CC/C=C1\c2ccccc2OCc2c1oc1ccccc21.COC(=O)Nc1nc2ccc(S(=O)c3ccccc3)cc2[nH]1.O=C(O)/C=C/C(=O)O. The Hall–Kier alpha value is -6.51. The number of carbonyl (C=O) groups excluding carboxylic acids is 1. The van der Waals surface area contributed by atoms with E-state index in [4.69, 9.17) is 19.4 Å². The van der Waals surface area contributed by atoms with Crippen molar-refractivity contribution in [1.29, 1.82) is 0 Å². The minimum absolute atomic E-state index is 0.282. The molecule has 0 radical (unpaired) electrons. The fourth-order valence-corrected chi connectivity index (χ4v) is 6.44. The molecule has 0 fully saturated rings. The number of furan rings is 1. The lowest BCUT2D eigenvalue weighted by Gasteiger charge is -2.10. The van der Waals surface area contributed by atoms with Crippen molar-refractivity contribution < 1.29 is 42.7 Å². The number of para-hydroxylation sites is 2. The smallest absolute Gasteiger partial charge is 0.413 e. The molecule has 1 unspecified atom stereocenters. The summed E-state index contributed by atoms with van der Waals surface area (Å²) in [4.78, 5) is 41.0. The van der Waals surface area contributed by atoms with E-state index in [1.807, 2.05) is 60.7 Å². The maximum Gasteiger partial charge on any atom is 0.413 e. The molecule has 1 atom stereocenters. The van der Waals surface area contributed by atoms with Crippen LogP contribution in [-0.2, 0) is 31.7 Å². The molecule has 0 saturated carbocycles. The maximum absolute atomic E-state index is 12.5. The van der Waals surface area contributed by atoms with E-state index >= 15 is 0 Å². The van der Waals surface area contributed by atoms with Crippen LogP contribution in [0.3, 0.4) is 0 Å². The second kappa shape index (κ2) is 18.3. The number of H-pyrrole nitrogens is 1. The van der Waals surface area contributed by atoms with Crippen LogP contribution in [0, 0.1) is 0 Å². The first-order valence-electron chi connectivity index (χ1n) is 16.6. The largest absolute Gasteiger partial charge is 0.488 e. The van der Waals surface area contributed by atoms with E-state index in [0.717, 1.165) is 57.0 Å². The minimum Gasteiger partial charge on any atom is -0.488 e. The summed E-state index contributed by atoms with van der Waals surface area (Å²) in [6, 6.07) is 30.9. The number of anilines is 1. The van der Waals surface area contributed by atoms with Gasteiger partial charge in [-0.3, -0.25) is 5.32 Å². The molecule has 0 saturated heterocycles. The van der Waals surface area contributed by atoms with Gasteiger partial charge in [-0.25, -0.2) is 23.6 Å². The van der Waals surface area contributed by atoms with Crippen molar-refractivity contribution >= 4 is 62.4 Å². The average Bonchev–Trinajstić information content (AvgIpc) is 3.71. The Kier molecular flexibility index (Phi) is 13.1. The molecule has 6 aromatic rings. The summed E-state index contributed by atoms with van der Waals surface area (Å²) < 4.78 is 29.3. The zero-order valence-electron chi connectivity index (χ0n) is 29.6. The quantitative estimate of drug-likeness (QED) is 0.114. The molecule has 1 amide bonds. The Labute approximate surface area is 313 Å². The third kappa shape index (κ3) is 10.1. The lowest BCUT2D eigenvalue weighted by Crippen LogP contribution is -2.12. The van der Waals surface area contributed by atoms with Crippen molar-refractivity contribution in [2.75, 3.05) is 33.1 Å². The van der Waals surface area contributed by atoms with Crippen LogP contribution >= 0.6 is 0 Å². The van der Waals surface area contributed by atoms with Crippen molar-refractivity contribution in [2.45, 2.75) is 22.8 Å². The molecular weight excluding hydrogens is 713 g/mol. The second-order valence-electron chi connectivity index (χ2n) is 11.9. The van der Waals surface area contributed by atoms with E-state index < -0.39 is 28.8 Å². The van der Waals surface area contributed by atoms with Gasteiger partial charge in [-0.05, 0) is 63.0 Å². The number of carboxylic acids is 2. The summed E-state index contributed by atoms with van der Waals surface area (Å²) in [6.07, 6.45) is 3.75. The van der Waals surface area contributed by atoms with Gasteiger partial charge in [-0.15, -0.1) is 0 Å². The van der Waals surface area contributed by atoms with Crippen molar-refractivity contribution in [1.82, 2.24) is 14.9 Å². The molecule has 4 N–H and O–H groups in total. The third-order valence-corrected chi connectivity index (χ3v) is 9.20. The van der Waals surface area contributed by atoms with Crippen LogP contribution in [0.25, 0.3) is 27.6 Å². The summed E-state index contributed by atoms with van der Waals surface area (Å²) in [6.45, 7) is 1.54. The molecule has 14 heteroatoms. The highest BCUT2D eigenvalue weighted by atomic mass is 32.2. The number of ether oxygens (including phenoxy) is 2. The molecule has 3 heterocycles. The molecule has 0 spiro atoms. The van der Waals surface area contributed by atoms with Gasteiger partial charge in [0.1, 0.15) is 23.7 Å². The number of carboxylic acid groups (broad SMARTS) is 2. The highest BCUT2D eigenvalue weighted by Gasteiger charge is 2.24. The van der Waals surface area contributed by atoms with Gasteiger partial charge in [0, 0.05) is 50.6 Å². The Morgan fingerprint density at radius 2 is 1.61 bits per heavy atom. The number of benzene rings is 4. The van der Waals surface area contributed by atoms with Crippen molar-refractivity contribution in [3.05, 3.63) is 132 Å². The predicted octanol–water partition coefficient (Wildman–Crippen LogP) is 7.33. The monoisotopic (exact) mass is 750 g/mol. The zero-order chi connectivity index (χ0) is 38.6. The summed E-state index contributed by atoms with van der Waals surface area (Å²) >= 11 is 0. The summed E-state index contributed by atoms with van der Waals surface area (Å²) in [5.41, 5.74) is 5.65. The van der Waals surface area contributed by atoms with Crippen LogP contribution in [0.4, 0.5) is 10.7 Å². The zero-order valence-corrected chi connectivity index (χ0v) is 30.5. The molecule has 1 aliphatic heterocycles. The second-order valence-corrected chi connectivity index (χ2v) is 13.4. The topological polar surface area (TPSA) is 184 Å². The van der Waals surface area contributed by atoms with Gasteiger partial charge in [0.2, 0.25) is 5.95 Å². The normalized spacial score (nSPS) is 13.1. The summed E-state index contributed by atoms with van der Waals surface area (Å²) in [5.74, 6) is -0.367. The maximum atomic E-state index is 12.5. The Balaban J connectivity index is 0.000000174. The number of imidazole rings is 1. The molecule has 0 bridgehead atoms. The van der Waals surface area contributed by atoms with Crippen LogP contribution in [0.5, 0.6) is 5.75 Å². The van der Waals surface area contributed by atoms with Crippen LogP contribution in [0.2, 0.25) is 0 Å². The highest BCUT2D eigenvalue weighted by molar-refractivity contribution is 7.85. The number of aliphatic carboxylic acids is 2. The van der Waals surface area contributed by atoms with Gasteiger partial charge in [0.15, 0.2) is 0 Å². The standard InChI is InChI=1S/C21H21NO2.C15H13N3O3S.C4H4O4/c1-22(2)13-7-10-17-15-8-3-5-11-19(15)23-14-18-16-9-4-6-12-20(16)24-21(17)18;1-21-15(19)18-14-16-12-8-7-11(9-13(12)17-14)22(20)10-5-3-2-4-6-10;5-3(6)1-2-4(7)8/h3-6,8-12H,7,13-14H2,1-2H3;2-9H,1H3,(H2,16,17,18,19);1-2H,(H,5,6)(H,7,8)/b17-10+;;2-1+. The number of aromatic nitrogens is 2. The van der Waals surface area contributed by atoms with E-state index in [1.165, 1.54) is 7.11 Å². The number of hydrogen-bond donors (Lipinski definition) is 4. The number of carbonyl (C=O) groups is 3. The number of nitrogens with one attached hydrogen (secondary N) is 2. The average molecular weight is 751 g/mol. The molecule has 2 aromatic heterocycles. The number of hydrogen-bond acceptors (Lipinski definition) is 9. The Bertz CT molecular complexity index is 2330. The molecule has 7 rings (SSSR count). The number of rotatable bonds is 8. The van der Waals surface area contributed by atoms with Gasteiger partial charge < -0.3 is 34.0 Å². The first kappa shape index (κ1) is 38.7. The Morgan fingerprint density at radius 1 is 0.926 bits per heavy atom. The van der Waals surface area contributed by atoms with Gasteiger partial charge in [-0.2, -0.15) is 0 Å². The lowest BCUT2D eigenvalue weighted by atomic mass is 9.99. The minimum atomic E-state index is -1.27. The summed E-state index contributed by atoms with van der Waals surface area (Å²) in [7, 11) is 4.20. The van der Waals surface area contributed by atoms with Crippen LogP contribution < -0.4 is 10.1 Å². The number of amides is 1. The number of nitrogens with zero attached hydrogens (tertiary/aromatic N) is 2. The fraction of sp³-hybridized carbons (Fsp3) is 0.150. The molecule has 278 valence electrons. The van der Waals surface area contributed by atoms with Gasteiger partial charge in [0.05, 0.1) is 28.9 Å². The molecule has 4 aromatic carbocycles. The molecule has 0 aliphatic carbocycles. The van der Waals surface area contributed by atoms with Crippen LogP contribution in [0.1, 0.15) is 23.3 Å². The number of aromatic amines is 1. The first-order valence-corrected chi connectivity index (χ1v) is 17.7. The highest BCUT2D eigenvalue weighted by Crippen LogP contribution is 2.41. The predicted molar refractivity (Wildman–Crippen MR) is 205 cm³/mol. The third-order valence-electron chi connectivity index (χ3n) is 7.82. The van der Waals surface area contributed by atoms with Crippen LogP contribution in [-0.4, -0.2) is 75.1 Å². The molecule has 13 nitrogen and oxygen atoms in total. The van der Waals surface area contributed by atoms with Crippen LogP contribution in [0.15, 0.2) is 129 Å². The molecular formula is C40H38N4O9S. The number of fused-ring (bicyclic) bond motifs is 5.